The average molecular weight is 352 g/mol. The van der Waals surface area contributed by atoms with Crippen molar-refractivity contribution in [2.24, 2.45) is 0 Å². The summed E-state index contributed by atoms with van der Waals surface area (Å²) in [5.74, 6) is -2.46. The summed E-state index contributed by atoms with van der Waals surface area (Å²) < 4.78 is 41.4. The van der Waals surface area contributed by atoms with Gasteiger partial charge in [0, 0.05) is 11.6 Å². The third-order valence-corrected chi connectivity index (χ3v) is 2.97. The standard InChI is InChI=1S/C11H8F3IN2/c1-6-2-3-8(12)11(14)7(6)5-17-9(13)4-10(15)16-17/h2-4H,5H2,1H3. The number of hydrogen-bond donors (Lipinski definition) is 0. The van der Waals surface area contributed by atoms with Crippen LogP contribution in [0.4, 0.5) is 13.2 Å². The van der Waals surface area contributed by atoms with Gasteiger partial charge in [0.1, 0.15) is 3.70 Å². The van der Waals surface area contributed by atoms with E-state index >= 15 is 0 Å². The highest BCUT2D eigenvalue weighted by Crippen LogP contribution is 2.18. The molecule has 0 aliphatic heterocycles. The lowest BCUT2D eigenvalue weighted by atomic mass is 10.1. The van der Waals surface area contributed by atoms with Gasteiger partial charge in [-0.15, -0.1) is 0 Å². The van der Waals surface area contributed by atoms with Crippen LogP contribution in [0.3, 0.4) is 0 Å². The summed E-state index contributed by atoms with van der Waals surface area (Å²) in [5.41, 5.74) is 0.678. The quantitative estimate of drug-likeness (QED) is 0.759. The molecule has 0 saturated carbocycles. The lowest BCUT2D eigenvalue weighted by Gasteiger charge is -2.08. The van der Waals surface area contributed by atoms with E-state index in [1.165, 1.54) is 12.1 Å². The van der Waals surface area contributed by atoms with Crippen LogP contribution in [0.25, 0.3) is 0 Å². The van der Waals surface area contributed by atoms with E-state index in [1.807, 2.05) is 22.6 Å². The largest absolute Gasteiger partial charge is 0.234 e. The maximum Gasteiger partial charge on any atom is 0.212 e. The van der Waals surface area contributed by atoms with Crippen LogP contribution in [0, 0.1) is 28.2 Å². The maximum absolute atomic E-state index is 13.5. The Morgan fingerprint density at radius 2 is 2.00 bits per heavy atom. The Labute approximate surface area is 110 Å². The predicted octanol–water partition coefficient (Wildman–Crippen LogP) is 3.26. The van der Waals surface area contributed by atoms with Crippen LogP contribution in [0.15, 0.2) is 18.2 Å². The number of hydrogen-bond acceptors (Lipinski definition) is 1. The third-order valence-electron chi connectivity index (χ3n) is 2.44. The van der Waals surface area contributed by atoms with Crippen molar-refractivity contribution in [2.45, 2.75) is 13.5 Å². The fourth-order valence-electron chi connectivity index (χ4n) is 1.51. The van der Waals surface area contributed by atoms with Crippen LogP contribution in [0.1, 0.15) is 11.1 Å². The van der Waals surface area contributed by atoms with Crippen LogP contribution in [0.5, 0.6) is 0 Å². The summed E-state index contributed by atoms with van der Waals surface area (Å²) >= 11 is 1.85. The molecule has 0 radical (unpaired) electrons. The molecule has 0 N–H and O–H groups in total. The molecule has 0 amide bonds. The fraction of sp³-hybridized carbons (Fsp3) is 0.182. The number of aryl methyl sites for hydroxylation is 1. The van der Waals surface area contributed by atoms with Crippen molar-refractivity contribution < 1.29 is 13.2 Å². The molecule has 0 atom stereocenters. The Hall–Kier alpha value is -1.05. The summed E-state index contributed by atoms with van der Waals surface area (Å²) in [6.45, 7) is 1.52. The van der Waals surface area contributed by atoms with Crippen molar-refractivity contribution in [3.05, 3.63) is 50.6 Å². The second-order valence-corrected chi connectivity index (χ2v) is 4.71. The normalized spacial score (nSPS) is 10.9. The first-order valence-electron chi connectivity index (χ1n) is 4.81. The second kappa shape index (κ2) is 4.67. The molecule has 0 unspecified atom stereocenters. The summed E-state index contributed by atoms with van der Waals surface area (Å²) in [6, 6.07) is 3.74. The van der Waals surface area contributed by atoms with Gasteiger partial charge in [0.2, 0.25) is 5.95 Å². The molecule has 0 spiro atoms. The van der Waals surface area contributed by atoms with Gasteiger partial charge in [0.25, 0.3) is 0 Å². The second-order valence-electron chi connectivity index (χ2n) is 3.60. The minimum absolute atomic E-state index is 0.114. The molecule has 0 bridgehead atoms. The highest BCUT2D eigenvalue weighted by atomic mass is 127. The molecule has 0 aliphatic rings. The molecule has 90 valence electrons. The molecule has 6 heteroatoms. The maximum atomic E-state index is 13.5. The Morgan fingerprint density at radius 1 is 1.29 bits per heavy atom. The van der Waals surface area contributed by atoms with Crippen LogP contribution >= 0.6 is 22.6 Å². The molecule has 0 fully saturated rings. The van der Waals surface area contributed by atoms with Gasteiger partial charge in [-0.3, -0.25) is 0 Å². The van der Waals surface area contributed by atoms with Crippen molar-refractivity contribution >= 4 is 22.6 Å². The van der Waals surface area contributed by atoms with Gasteiger partial charge in [-0.05, 0) is 41.1 Å². The van der Waals surface area contributed by atoms with Gasteiger partial charge in [-0.25, -0.2) is 13.5 Å². The molecule has 1 aromatic carbocycles. The van der Waals surface area contributed by atoms with E-state index < -0.39 is 17.6 Å². The van der Waals surface area contributed by atoms with Gasteiger partial charge < -0.3 is 0 Å². The van der Waals surface area contributed by atoms with Crippen LogP contribution < -0.4 is 0 Å². The smallest absolute Gasteiger partial charge is 0.212 e. The minimum atomic E-state index is -0.949. The van der Waals surface area contributed by atoms with E-state index in [0.717, 1.165) is 10.7 Å². The highest BCUT2D eigenvalue weighted by molar-refractivity contribution is 14.1. The minimum Gasteiger partial charge on any atom is -0.234 e. The zero-order valence-corrected chi connectivity index (χ0v) is 11.0. The van der Waals surface area contributed by atoms with E-state index in [-0.39, 0.29) is 12.1 Å². The molecule has 2 aromatic rings. The van der Waals surface area contributed by atoms with Gasteiger partial charge in [0.15, 0.2) is 11.6 Å². The number of nitrogens with zero attached hydrogens (tertiary/aromatic N) is 2. The average Bonchev–Trinajstić information content (AvgIpc) is 2.58. The van der Waals surface area contributed by atoms with Crippen LogP contribution in [0.2, 0.25) is 0 Å². The topological polar surface area (TPSA) is 17.8 Å². The molecular weight excluding hydrogens is 344 g/mol. The highest BCUT2D eigenvalue weighted by Gasteiger charge is 2.14. The molecule has 1 heterocycles. The number of benzene rings is 1. The zero-order valence-electron chi connectivity index (χ0n) is 8.85. The number of halogens is 4. The first kappa shape index (κ1) is 12.4. The molecule has 17 heavy (non-hydrogen) atoms. The molecule has 2 nitrogen and oxygen atoms in total. The van der Waals surface area contributed by atoms with Gasteiger partial charge in [-0.2, -0.15) is 9.49 Å². The Balaban J connectivity index is 2.43. The lowest BCUT2D eigenvalue weighted by molar-refractivity contribution is 0.456. The van der Waals surface area contributed by atoms with Crippen LogP contribution in [-0.4, -0.2) is 9.78 Å². The monoisotopic (exact) mass is 352 g/mol. The Morgan fingerprint density at radius 3 is 2.59 bits per heavy atom. The molecule has 2 rings (SSSR count). The van der Waals surface area contributed by atoms with E-state index in [1.54, 1.807) is 6.92 Å². The SMILES string of the molecule is Cc1ccc(F)c(F)c1Cn1nc(I)cc1F. The molecule has 1 aromatic heterocycles. The first-order chi connectivity index (χ1) is 7.99. The molecule has 0 saturated heterocycles. The Bertz CT molecular complexity index is 566. The van der Waals surface area contributed by atoms with Gasteiger partial charge in [0.05, 0.1) is 6.54 Å². The zero-order chi connectivity index (χ0) is 12.6. The van der Waals surface area contributed by atoms with Crippen LogP contribution in [-0.2, 0) is 6.54 Å². The third kappa shape index (κ3) is 2.46. The molecule has 0 aliphatic carbocycles. The number of aromatic nitrogens is 2. The Kier molecular flexibility index (Phi) is 3.41. The van der Waals surface area contributed by atoms with E-state index in [2.05, 4.69) is 5.10 Å². The van der Waals surface area contributed by atoms with Crippen molar-refractivity contribution in [3.8, 4) is 0 Å². The first-order valence-corrected chi connectivity index (χ1v) is 5.89. The van der Waals surface area contributed by atoms with E-state index in [4.69, 9.17) is 0 Å². The lowest BCUT2D eigenvalue weighted by Crippen LogP contribution is -2.09. The van der Waals surface area contributed by atoms with Gasteiger partial charge in [-0.1, -0.05) is 6.07 Å². The predicted molar refractivity (Wildman–Crippen MR) is 65.1 cm³/mol. The van der Waals surface area contributed by atoms with Crippen molar-refractivity contribution in [1.29, 1.82) is 0 Å². The molecular formula is C11H8F3IN2. The van der Waals surface area contributed by atoms with E-state index in [0.29, 0.717) is 9.26 Å². The van der Waals surface area contributed by atoms with Crippen molar-refractivity contribution in [1.82, 2.24) is 9.78 Å². The van der Waals surface area contributed by atoms with Crippen molar-refractivity contribution in [2.75, 3.05) is 0 Å². The summed E-state index contributed by atoms with van der Waals surface area (Å²) in [6.07, 6.45) is 0. The van der Waals surface area contributed by atoms with E-state index in [9.17, 15) is 13.2 Å². The summed E-state index contributed by atoms with van der Waals surface area (Å²) in [7, 11) is 0. The number of rotatable bonds is 2. The summed E-state index contributed by atoms with van der Waals surface area (Å²) in [4.78, 5) is 0. The summed E-state index contributed by atoms with van der Waals surface area (Å²) in [5, 5.41) is 3.86. The van der Waals surface area contributed by atoms with Gasteiger partial charge >= 0.3 is 0 Å². The fourth-order valence-corrected chi connectivity index (χ4v) is 2.03. The van der Waals surface area contributed by atoms with Crippen molar-refractivity contribution in [3.63, 3.8) is 0 Å².